The normalized spacial score (nSPS) is 12.2. The molecule has 5 nitrogen and oxygen atoms in total. The highest BCUT2D eigenvalue weighted by Gasteiger charge is 2.12. The zero-order valence-corrected chi connectivity index (χ0v) is 7.26. The minimum Gasteiger partial charge on any atom is -0.480 e. The second-order valence-electron chi connectivity index (χ2n) is 2.48. The highest BCUT2D eigenvalue weighted by atomic mass is 16.4. The van der Waals surface area contributed by atoms with Gasteiger partial charge in [-0.05, 0) is 14.0 Å². The quantitative estimate of drug-likeness (QED) is 0.509. The Morgan fingerprint density at radius 3 is 2.50 bits per heavy atom. The van der Waals surface area contributed by atoms with Gasteiger partial charge in [0.15, 0.2) is 0 Å². The van der Waals surface area contributed by atoms with Crippen LogP contribution in [0.3, 0.4) is 0 Å². The van der Waals surface area contributed by atoms with E-state index in [4.69, 9.17) is 5.11 Å². The van der Waals surface area contributed by atoms with Gasteiger partial charge >= 0.3 is 5.97 Å². The van der Waals surface area contributed by atoms with Crippen LogP contribution in [0.4, 0.5) is 0 Å². The van der Waals surface area contributed by atoms with Crippen LogP contribution in [0, 0.1) is 0 Å². The van der Waals surface area contributed by atoms with E-state index in [0.29, 0.717) is 13.0 Å². The third kappa shape index (κ3) is 4.68. The maximum atomic E-state index is 10.9. The molecule has 5 heteroatoms. The molecule has 0 radical (unpaired) electrons. The number of carbonyl (C=O) groups excluding carboxylic acids is 1. The molecule has 0 aliphatic rings. The fourth-order valence-corrected chi connectivity index (χ4v) is 0.614. The van der Waals surface area contributed by atoms with Crippen molar-refractivity contribution in [3.63, 3.8) is 0 Å². The Labute approximate surface area is 71.1 Å². The Kier molecular flexibility index (Phi) is 5.03. The molecule has 0 unspecified atom stereocenters. The zero-order chi connectivity index (χ0) is 9.56. The fourth-order valence-electron chi connectivity index (χ4n) is 0.614. The summed E-state index contributed by atoms with van der Waals surface area (Å²) in [7, 11) is 1.73. The fraction of sp³-hybridized carbons (Fsp3) is 0.714. The summed E-state index contributed by atoms with van der Waals surface area (Å²) < 4.78 is 0. The third-order valence-electron chi connectivity index (χ3n) is 1.35. The van der Waals surface area contributed by atoms with Crippen LogP contribution >= 0.6 is 0 Å². The lowest BCUT2D eigenvalue weighted by atomic mass is 10.3. The molecule has 0 aliphatic heterocycles. The van der Waals surface area contributed by atoms with Crippen molar-refractivity contribution in [2.45, 2.75) is 19.4 Å². The Balaban J connectivity index is 3.61. The van der Waals surface area contributed by atoms with E-state index in [9.17, 15) is 9.59 Å². The molecule has 1 amide bonds. The van der Waals surface area contributed by atoms with E-state index < -0.39 is 12.0 Å². The first kappa shape index (κ1) is 10.9. The molecular formula is C7H14N2O3. The summed E-state index contributed by atoms with van der Waals surface area (Å²) in [6.45, 7) is 1.98. The summed E-state index contributed by atoms with van der Waals surface area (Å²) in [6.07, 6.45) is 0.300. The van der Waals surface area contributed by atoms with Crippen molar-refractivity contribution in [2.75, 3.05) is 13.6 Å². The molecule has 0 saturated carbocycles. The van der Waals surface area contributed by atoms with Gasteiger partial charge in [-0.1, -0.05) is 0 Å². The summed E-state index contributed by atoms with van der Waals surface area (Å²) in [5.41, 5.74) is 0. The number of hydrogen-bond donors (Lipinski definition) is 3. The lowest BCUT2D eigenvalue weighted by molar-refractivity contribution is -0.141. The molecule has 12 heavy (non-hydrogen) atoms. The van der Waals surface area contributed by atoms with E-state index in [1.54, 1.807) is 7.05 Å². The topological polar surface area (TPSA) is 78.4 Å². The van der Waals surface area contributed by atoms with E-state index in [0.717, 1.165) is 0 Å². The van der Waals surface area contributed by atoms with Crippen molar-refractivity contribution < 1.29 is 14.7 Å². The number of carbonyl (C=O) groups is 2. The van der Waals surface area contributed by atoms with Crippen molar-refractivity contribution in [1.29, 1.82) is 0 Å². The van der Waals surface area contributed by atoms with Crippen LogP contribution in [-0.4, -0.2) is 36.6 Å². The van der Waals surface area contributed by atoms with Gasteiger partial charge in [0.25, 0.3) is 0 Å². The van der Waals surface area contributed by atoms with Crippen LogP contribution in [-0.2, 0) is 9.59 Å². The molecule has 0 saturated heterocycles. The third-order valence-corrected chi connectivity index (χ3v) is 1.35. The average molecular weight is 174 g/mol. The summed E-state index contributed by atoms with van der Waals surface area (Å²) in [6, 6.07) is -0.811. The maximum absolute atomic E-state index is 10.9. The number of rotatable bonds is 5. The van der Waals surface area contributed by atoms with E-state index in [-0.39, 0.29) is 5.91 Å². The van der Waals surface area contributed by atoms with Crippen LogP contribution in [0.2, 0.25) is 0 Å². The largest absolute Gasteiger partial charge is 0.480 e. The second kappa shape index (κ2) is 5.54. The minimum absolute atomic E-state index is 0.251. The first-order chi connectivity index (χ1) is 5.57. The highest BCUT2D eigenvalue weighted by Crippen LogP contribution is 1.83. The number of amides is 1. The Hall–Kier alpha value is -1.10. The SMILES string of the molecule is CNCCC(=O)N[C@@H](C)C(=O)O. The summed E-state index contributed by atoms with van der Waals surface area (Å²) in [5, 5.41) is 13.6. The molecule has 0 spiro atoms. The molecule has 0 aromatic carbocycles. The predicted molar refractivity (Wildman–Crippen MR) is 43.8 cm³/mol. The number of carboxylic acids is 1. The molecule has 0 bridgehead atoms. The summed E-state index contributed by atoms with van der Waals surface area (Å²) in [5.74, 6) is -1.27. The Bertz CT molecular complexity index is 170. The molecule has 0 fully saturated rings. The first-order valence-corrected chi connectivity index (χ1v) is 3.74. The van der Waals surface area contributed by atoms with Gasteiger partial charge in [0, 0.05) is 13.0 Å². The van der Waals surface area contributed by atoms with Crippen LogP contribution < -0.4 is 10.6 Å². The van der Waals surface area contributed by atoms with Gasteiger partial charge in [0.1, 0.15) is 6.04 Å². The monoisotopic (exact) mass is 174 g/mol. The predicted octanol–water partition coefficient (Wildman–Crippen LogP) is -0.815. The summed E-state index contributed by atoms with van der Waals surface area (Å²) >= 11 is 0. The van der Waals surface area contributed by atoms with Gasteiger partial charge in [-0.25, -0.2) is 0 Å². The molecule has 0 aromatic heterocycles. The molecular weight excluding hydrogens is 160 g/mol. The number of carboxylic acid groups (broad SMARTS) is 1. The molecule has 70 valence electrons. The molecule has 0 rings (SSSR count). The molecule has 3 N–H and O–H groups in total. The van der Waals surface area contributed by atoms with Crippen molar-refractivity contribution in [1.82, 2.24) is 10.6 Å². The van der Waals surface area contributed by atoms with E-state index in [2.05, 4.69) is 10.6 Å². The zero-order valence-electron chi connectivity index (χ0n) is 7.26. The number of hydrogen-bond acceptors (Lipinski definition) is 3. The van der Waals surface area contributed by atoms with Crippen molar-refractivity contribution in [2.24, 2.45) is 0 Å². The van der Waals surface area contributed by atoms with Crippen molar-refractivity contribution >= 4 is 11.9 Å². The van der Waals surface area contributed by atoms with Crippen molar-refractivity contribution in [3.8, 4) is 0 Å². The molecule has 0 aromatic rings. The summed E-state index contributed by atoms with van der Waals surface area (Å²) in [4.78, 5) is 21.2. The smallest absolute Gasteiger partial charge is 0.325 e. The van der Waals surface area contributed by atoms with Gasteiger partial charge in [-0.2, -0.15) is 0 Å². The van der Waals surface area contributed by atoms with Gasteiger partial charge in [0.05, 0.1) is 0 Å². The van der Waals surface area contributed by atoms with Crippen molar-refractivity contribution in [3.05, 3.63) is 0 Å². The molecule has 1 atom stereocenters. The highest BCUT2D eigenvalue weighted by molar-refractivity contribution is 5.83. The van der Waals surface area contributed by atoms with Crippen LogP contribution in [0.15, 0.2) is 0 Å². The number of aliphatic carboxylic acids is 1. The van der Waals surface area contributed by atoms with Crippen LogP contribution in [0.25, 0.3) is 0 Å². The van der Waals surface area contributed by atoms with E-state index >= 15 is 0 Å². The first-order valence-electron chi connectivity index (χ1n) is 3.74. The van der Waals surface area contributed by atoms with Gasteiger partial charge in [-0.15, -0.1) is 0 Å². The Morgan fingerprint density at radius 1 is 1.50 bits per heavy atom. The van der Waals surface area contributed by atoms with E-state index in [1.165, 1.54) is 6.92 Å². The minimum atomic E-state index is -1.02. The maximum Gasteiger partial charge on any atom is 0.325 e. The standard InChI is InChI=1S/C7H14N2O3/c1-5(7(11)12)9-6(10)3-4-8-2/h5,8H,3-4H2,1-2H3,(H,9,10)(H,11,12)/t5-/m0/s1. The molecule has 0 heterocycles. The Morgan fingerprint density at radius 2 is 2.08 bits per heavy atom. The van der Waals surface area contributed by atoms with Crippen LogP contribution in [0.5, 0.6) is 0 Å². The lowest BCUT2D eigenvalue weighted by Crippen LogP contribution is -2.39. The van der Waals surface area contributed by atoms with E-state index in [1.807, 2.05) is 0 Å². The average Bonchev–Trinajstić information content (AvgIpc) is 2.00. The lowest BCUT2D eigenvalue weighted by Gasteiger charge is -2.08. The second-order valence-corrected chi connectivity index (χ2v) is 2.48. The molecule has 0 aliphatic carbocycles. The van der Waals surface area contributed by atoms with Gasteiger partial charge in [-0.3, -0.25) is 9.59 Å². The van der Waals surface area contributed by atoms with Gasteiger partial charge < -0.3 is 15.7 Å². The van der Waals surface area contributed by atoms with Gasteiger partial charge in [0.2, 0.25) is 5.91 Å². The number of nitrogens with one attached hydrogen (secondary N) is 2. The van der Waals surface area contributed by atoms with Crippen LogP contribution in [0.1, 0.15) is 13.3 Å².